The first-order valence-corrected chi connectivity index (χ1v) is 6.30. The average molecular weight is 271 g/mol. The number of rotatable bonds is 4. The van der Waals surface area contributed by atoms with Gasteiger partial charge in [0.25, 0.3) is 0 Å². The highest BCUT2D eigenvalue weighted by Gasteiger charge is 2.38. The van der Waals surface area contributed by atoms with E-state index in [-0.39, 0.29) is 0 Å². The molecule has 0 saturated heterocycles. The molecule has 0 saturated carbocycles. The van der Waals surface area contributed by atoms with Crippen LogP contribution in [0.3, 0.4) is 0 Å². The molecule has 0 fully saturated rings. The van der Waals surface area contributed by atoms with Gasteiger partial charge in [0.1, 0.15) is 0 Å². The molecular weight excluding hydrogens is 254 g/mol. The Morgan fingerprint density at radius 2 is 1.75 bits per heavy atom. The van der Waals surface area contributed by atoms with Crippen molar-refractivity contribution in [2.45, 2.75) is 26.3 Å². The van der Waals surface area contributed by atoms with Crippen LogP contribution in [-0.4, -0.2) is 21.0 Å². The average Bonchev–Trinajstić information content (AvgIpc) is 2.41. The summed E-state index contributed by atoms with van der Waals surface area (Å²) in [5.74, 6) is -0.998. The fourth-order valence-corrected chi connectivity index (χ4v) is 2.04. The Morgan fingerprint density at radius 3 is 2.30 bits per heavy atom. The number of aromatic nitrogens is 2. The van der Waals surface area contributed by atoms with Crippen molar-refractivity contribution in [3.63, 3.8) is 0 Å². The lowest BCUT2D eigenvalue weighted by molar-refractivity contribution is -0.142. The van der Waals surface area contributed by atoms with E-state index in [1.807, 2.05) is 31.2 Å². The quantitative estimate of drug-likeness (QED) is 0.893. The number of aliphatic carboxylic acids is 1. The van der Waals surface area contributed by atoms with Gasteiger partial charge in [0, 0.05) is 18.1 Å². The normalized spacial score (nSPS) is 13.6. The van der Waals surface area contributed by atoms with Gasteiger partial charge in [-0.25, -0.2) is 4.79 Å². The predicted molar refractivity (Wildman–Crippen MR) is 76.6 cm³/mol. The van der Waals surface area contributed by atoms with Crippen LogP contribution in [0, 0.1) is 13.8 Å². The van der Waals surface area contributed by atoms with E-state index in [2.05, 4.69) is 15.3 Å². The summed E-state index contributed by atoms with van der Waals surface area (Å²) in [7, 11) is 0. The molecule has 1 aromatic heterocycles. The molecule has 1 aromatic carbocycles. The Balaban J connectivity index is 2.43. The van der Waals surface area contributed by atoms with Crippen molar-refractivity contribution in [3.05, 3.63) is 53.6 Å². The number of nitrogens with zero attached hydrogens (tertiary/aromatic N) is 2. The third kappa shape index (κ3) is 2.61. The van der Waals surface area contributed by atoms with Gasteiger partial charge in [0.2, 0.25) is 0 Å². The number of carboxylic acids is 1. The second kappa shape index (κ2) is 5.28. The third-order valence-corrected chi connectivity index (χ3v) is 3.23. The summed E-state index contributed by atoms with van der Waals surface area (Å²) in [5, 5.41) is 12.6. The van der Waals surface area contributed by atoms with Crippen LogP contribution in [0.25, 0.3) is 0 Å². The molecule has 1 heterocycles. The van der Waals surface area contributed by atoms with Crippen LogP contribution in [0.1, 0.15) is 23.9 Å². The molecule has 0 aliphatic heterocycles. The maximum atomic E-state index is 11.7. The highest BCUT2D eigenvalue weighted by molar-refractivity contribution is 5.83. The van der Waals surface area contributed by atoms with Gasteiger partial charge in [-0.1, -0.05) is 17.7 Å². The molecule has 2 rings (SSSR count). The number of hydrogen-bond donors (Lipinski definition) is 2. The van der Waals surface area contributed by atoms with Gasteiger partial charge < -0.3 is 10.4 Å². The van der Waals surface area contributed by atoms with Crippen LogP contribution < -0.4 is 5.32 Å². The van der Waals surface area contributed by atoms with Gasteiger partial charge in [-0.2, -0.15) is 0 Å². The molecule has 1 atom stereocenters. The van der Waals surface area contributed by atoms with Crippen molar-refractivity contribution in [3.8, 4) is 0 Å². The van der Waals surface area contributed by atoms with Gasteiger partial charge in [0.05, 0.1) is 11.4 Å². The van der Waals surface area contributed by atoms with Crippen molar-refractivity contribution >= 4 is 11.7 Å². The molecule has 5 heteroatoms. The SMILES string of the molecule is Cc1ccc(NC(C)(C(=O)O)c2nccnc2C)cc1. The molecule has 2 N–H and O–H groups in total. The maximum absolute atomic E-state index is 11.7. The van der Waals surface area contributed by atoms with Gasteiger partial charge in [-0.05, 0) is 32.9 Å². The topological polar surface area (TPSA) is 75.1 Å². The first kappa shape index (κ1) is 14.0. The molecule has 1 unspecified atom stereocenters. The summed E-state index contributed by atoms with van der Waals surface area (Å²) in [5.41, 5.74) is 1.52. The number of carbonyl (C=O) groups is 1. The van der Waals surface area contributed by atoms with E-state index >= 15 is 0 Å². The number of aryl methyl sites for hydroxylation is 2. The summed E-state index contributed by atoms with van der Waals surface area (Å²) in [6.45, 7) is 5.32. The molecule has 0 radical (unpaired) electrons. The van der Waals surface area contributed by atoms with Gasteiger partial charge in [-0.3, -0.25) is 9.97 Å². The molecule has 0 spiro atoms. The first-order chi connectivity index (χ1) is 9.43. The summed E-state index contributed by atoms with van der Waals surface area (Å²) < 4.78 is 0. The van der Waals surface area contributed by atoms with Gasteiger partial charge in [0.15, 0.2) is 5.54 Å². The lowest BCUT2D eigenvalue weighted by atomic mass is 9.95. The lowest BCUT2D eigenvalue weighted by Gasteiger charge is -2.27. The Morgan fingerprint density at radius 1 is 1.15 bits per heavy atom. The number of hydrogen-bond acceptors (Lipinski definition) is 4. The summed E-state index contributed by atoms with van der Waals surface area (Å²) in [6.07, 6.45) is 3.05. The van der Waals surface area contributed by atoms with E-state index in [9.17, 15) is 9.90 Å². The standard InChI is InChI=1S/C15H17N3O2/c1-10-4-6-12(7-5-10)18-15(3,14(19)20)13-11(2)16-8-9-17-13/h4-9,18H,1-3H3,(H,19,20). The number of nitrogens with one attached hydrogen (secondary N) is 1. The van der Waals surface area contributed by atoms with Crippen LogP contribution in [-0.2, 0) is 10.3 Å². The van der Waals surface area contributed by atoms with Crippen LogP contribution >= 0.6 is 0 Å². The van der Waals surface area contributed by atoms with Crippen LogP contribution in [0.5, 0.6) is 0 Å². The Hall–Kier alpha value is -2.43. The number of carboxylic acid groups (broad SMARTS) is 1. The van der Waals surface area contributed by atoms with Crippen molar-refractivity contribution in [2.75, 3.05) is 5.32 Å². The molecule has 20 heavy (non-hydrogen) atoms. The summed E-state index contributed by atoms with van der Waals surface area (Å²) in [4.78, 5) is 20.0. The van der Waals surface area contributed by atoms with Crippen molar-refractivity contribution in [1.29, 1.82) is 0 Å². The van der Waals surface area contributed by atoms with Gasteiger partial charge in [-0.15, -0.1) is 0 Å². The highest BCUT2D eigenvalue weighted by Crippen LogP contribution is 2.26. The lowest BCUT2D eigenvalue weighted by Crippen LogP contribution is -2.42. The Bertz CT molecular complexity index is 625. The Kier molecular flexibility index (Phi) is 3.70. The highest BCUT2D eigenvalue weighted by atomic mass is 16.4. The van der Waals surface area contributed by atoms with Crippen molar-refractivity contribution < 1.29 is 9.90 Å². The third-order valence-electron chi connectivity index (χ3n) is 3.23. The van der Waals surface area contributed by atoms with E-state index in [0.29, 0.717) is 11.4 Å². The molecule has 5 nitrogen and oxygen atoms in total. The second-order valence-electron chi connectivity index (χ2n) is 4.91. The fourth-order valence-electron chi connectivity index (χ4n) is 2.04. The molecular formula is C15H17N3O2. The molecule has 0 bridgehead atoms. The van der Waals surface area contributed by atoms with Crippen molar-refractivity contribution in [1.82, 2.24) is 9.97 Å². The van der Waals surface area contributed by atoms with E-state index in [4.69, 9.17) is 0 Å². The van der Waals surface area contributed by atoms with E-state index in [0.717, 1.165) is 11.3 Å². The second-order valence-corrected chi connectivity index (χ2v) is 4.91. The first-order valence-electron chi connectivity index (χ1n) is 6.30. The zero-order valence-electron chi connectivity index (χ0n) is 11.7. The minimum Gasteiger partial charge on any atom is -0.479 e. The van der Waals surface area contributed by atoms with E-state index in [1.165, 1.54) is 6.20 Å². The molecule has 104 valence electrons. The monoisotopic (exact) mass is 271 g/mol. The molecule has 0 amide bonds. The predicted octanol–water partition coefficient (Wildman–Crippen LogP) is 2.51. The van der Waals surface area contributed by atoms with Gasteiger partial charge >= 0.3 is 5.97 Å². The maximum Gasteiger partial charge on any atom is 0.335 e. The smallest absolute Gasteiger partial charge is 0.335 e. The summed E-state index contributed by atoms with van der Waals surface area (Å²) >= 11 is 0. The molecule has 0 aliphatic rings. The van der Waals surface area contributed by atoms with Crippen LogP contribution in [0.4, 0.5) is 5.69 Å². The minimum absolute atomic E-state index is 0.410. The number of benzene rings is 1. The zero-order valence-corrected chi connectivity index (χ0v) is 11.7. The van der Waals surface area contributed by atoms with Crippen molar-refractivity contribution in [2.24, 2.45) is 0 Å². The van der Waals surface area contributed by atoms with E-state index < -0.39 is 11.5 Å². The van der Waals surface area contributed by atoms with Crippen LogP contribution in [0.2, 0.25) is 0 Å². The minimum atomic E-state index is -1.33. The van der Waals surface area contributed by atoms with Crippen LogP contribution in [0.15, 0.2) is 36.7 Å². The van der Waals surface area contributed by atoms with E-state index in [1.54, 1.807) is 20.0 Å². The molecule has 2 aromatic rings. The fraction of sp³-hybridized carbons (Fsp3) is 0.267. The summed E-state index contributed by atoms with van der Waals surface area (Å²) in [6, 6.07) is 7.55. The Labute approximate surface area is 117 Å². The largest absolute Gasteiger partial charge is 0.479 e. The zero-order chi connectivity index (χ0) is 14.8. The number of anilines is 1. The molecule has 0 aliphatic carbocycles.